The third kappa shape index (κ3) is 5.17. The maximum absolute atomic E-state index is 14.4. The van der Waals surface area contributed by atoms with E-state index in [1.807, 2.05) is 19.9 Å². The van der Waals surface area contributed by atoms with E-state index in [0.717, 1.165) is 22.5 Å². The summed E-state index contributed by atoms with van der Waals surface area (Å²) >= 11 is 1.10. The van der Waals surface area contributed by atoms with E-state index in [1.165, 1.54) is 12.3 Å². The van der Waals surface area contributed by atoms with Crippen LogP contribution in [0.3, 0.4) is 0 Å². The first-order chi connectivity index (χ1) is 12.8. The lowest BCUT2D eigenvalue weighted by Crippen LogP contribution is -2.14. The van der Waals surface area contributed by atoms with Gasteiger partial charge in [-0.3, -0.25) is 0 Å². The summed E-state index contributed by atoms with van der Waals surface area (Å²) in [5, 5.41) is 16.0. The molecule has 0 radical (unpaired) electrons. The highest BCUT2D eigenvalue weighted by molar-refractivity contribution is 7.93. The van der Waals surface area contributed by atoms with Crippen LogP contribution in [0, 0.1) is 5.82 Å². The molecule has 2 rings (SSSR count). The van der Waals surface area contributed by atoms with E-state index in [4.69, 9.17) is 5.14 Å². The van der Waals surface area contributed by atoms with Crippen molar-refractivity contribution in [3.05, 3.63) is 45.7 Å². The molecule has 8 heteroatoms. The van der Waals surface area contributed by atoms with Gasteiger partial charge in [-0.1, -0.05) is 33.8 Å². The molecule has 1 heterocycles. The van der Waals surface area contributed by atoms with Crippen molar-refractivity contribution in [3.63, 3.8) is 0 Å². The highest BCUT2D eigenvalue weighted by atomic mass is 32.2. The maximum Gasteiger partial charge on any atom is 0.204 e. The summed E-state index contributed by atoms with van der Waals surface area (Å²) < 4.78 is 31.7. The van der Waals surface area contributed by atoms with Gasteiger partial charge >= 0.3 is 0 Å². The number of aromatic nitrogens is 1. The second kappa shape index (κ2) is 8.57. The minimum atomic E-state index is -3.17. The molecule has 0 saturated heterocycles. The molecule has 0 spiro atoms. The number of nitrogens with zero attached hydrogens (tertiary/aromatic N) is 2. The Morgan fingerprint density at radius 1 is 1.29 bits per heavy atom. The number of thiazole rings is 1. The molecule has 0 amide bonds. The first-order valence-corrected chi connectivity index (χ1v) is 11.7. The molecule has 0 saturated carbocycles. The van der Waals surface area contributed by atoms with Crippen molar-refractivity contribution < 1.29 is 13.7 Å². The molecule has 0 aliphatic heterocycles. The van der Waals surface area contributed by atoms with Crippen LogP contribution in [-0.4, -0.2) is 20.8 Å². The Bertz CT molecular complexity index is 953. The van der Waals surface area contributed by atoms with Gasteiger partial charge in [0.05, 0.1) is 17.0 Å². The molecule has 0 aliphatic carbocycles. The summed E-state index contributed by atoms with van der Waals surface area (Å²) in [5.41, 5.74) is 1.59. The zero-order chi connectivity index (χ0) is 21.3. The molecule has 156 valence electrons. The second-order valence-electron chi connectivity index (χ2n) is 8.06. The van der Waals surface area contributed by atoms with Crippen LogP contribution < -0.4 is 5.14 Å². The second-order valence-corrected chi connectivity index (χ2v) is 11.1. The molecule has 3 N–H and O–H groups in total. The Morgan fingerprint density at radius 2 is 1.93 bits per heavy atom. The zero-order valence-electron chi connectivity index (χ0n) is 17.3. The fourth-order valence-electron chi connectivity index (χ4n) is 3.12. The normalized spacial score (nSPS) is 14.5. The Labute approximate surface area is 171 Å². The summed E-state index contributed by atoms with van der Waals surface area (Å²) in [4.78, 5) is 4.66. The molecular weight excluding hydrogens is 397 g/mol. The minimum absolute atomic E-state index is 0.0317. The molecule has 0 bridgehead atoms. The van der Waals surface area contributed by atoms with E-state index in [0.29, 0.717) is 16.9 Å². The van der Waals surface area contributed by atoms with Gasteiger partial charge < -0.3 is 5.11 Å². The molecule has 28 heavy (non-hydrogen) atoms. The van der Waals surface area contributed by atoms with Gasteiger partial charge in [0.1, 0.15) is 5.82 Å². The molecule has 0 fully saturated rings. The molecule has 0 aliphatic rings. The number of hydrogen-bond donors (Lipinski definition) is 2. The highest BCUT2D eigenvalue weighted by Gasteiger charge is 2.22. The average Bonchev–Trinajstić information content (AvgIpc) is 3.05. The Kier molecular flexibility index (Phi) is 7.02. The number of benzene rings is 1. The van der Waals surface area contributed by atoms with Crippen LogP contribution in [0.4, 0.5) is 4.39 Å². The Hall–Kier alpha value is -1.35. The number of rotatable bonds is 7. The van der Waals surface area contributed by atoms with Crippen molar-refractivity contribution in [2.45, 2.75) is 69.7 Å². The van der Waals surface area contributed by atoms with E-state index in [2.05, 4.69) is 23.2 Å². The standard InChI is InChI=1S/C20H30FN3O2S2/c1-12(2)14-7-8-16(21)18(13(3)4)15(14)9-10-24-28(22,26)19-23-11-17(27-19)20(5,6)25/h7-8,11-13,25H,9-10H2,1-6H3,(H2,22,24,26). The van der Waals surface area contributed by atoms with Gasteiger partial charge in [-0.25, -0.2) is 23.1 Å². The van der Waals surface area contributed by atoms with E-state index in [-0.39, 0.29) is 28.5 Å². The topological polar surface area (TPSA) is 88.6 Å². The quantitative estimate of drug-likeness (QED) is 0.671. The van der Waals surface area contributed by atoms with Crippen LogP contribution in [0.1, 0.15) is 74.9 Å². The third-order valence-corrected chi connectivity index (χ3v) is 7.77. The van der Waals surface area contributed by atoms with Crippen LogP contribution in [0.5, 0.6) is 0 Å². The van der Waals surface area contributed by atoms with Crippen molar-refractivity contribution >= 4 is 21.3 Å². The Balaban J connectivity index is 2.34. The molecule has 1 aromatic carbocycles. The number of hydrogen-bond acceptors (Lipinski definition) is 5. The van der Waals surface area contributed by atoms with Gasteiger partial charge in [0, 0.05) is 6.20 Å². The fraction of sp³-hybridized carbons (Fsp3) is 0.550. The lowest BCUT2D eigenvalue weighted by Gasteiger charge is -2.20. The van der Waals surface area contributed by atoms with Gasteiger partial charge in [-0.15, -0.1) is 11.3 Å². The Morgan fingerprint density at radius 3 is 2.43 bits per heavy atom. The van der Waals surface area contributed by atoms with Crippen LogP contribution in [-0.2, 0) is 21.9 Å². The molecule has 2 aromatic rings. The lowest BCUT2D eigenvalue weighted by molar-refractivity contribution is 0.0823. The number of nitrogens with two attached hydrogens (primary N) is 1. The first kappa shape index (κ1) is 22.9. The summed E-state index contributed by atoms with van der Waals surface area (Å²) in [6, 6.07) is 3.34. The summed E-state index contributed by atoms with van der Waals surface area (Å²) in [7, 11) is -3.17. The maximum atomic E-state index is 14.4. The zero-order valence-corrected chi connectivity index (χ0v) is 19.0. The SMILES string of the molecule is CC(C)c1ccc(F)c(C(C)C)c1CCN=S(N)(=O)c1ncc(C(C)(C)O)s1. The third-order valence-electron chi connectivity index (χ3n) is 4.52. The molecule has 1 aromatic heterocycles. The minimum Gasteiger partial charge on any atom is -0.385 e. The van der Waals surface area contributed by atoms with E-state index in [1.54, 1.807) is 13.8 Å². The van der Waals surface area contributed by atoms with Crippen molar-refractivity contribution in [1.29, 1.82) is 0 Å². The predicted octanol–water partition coefficient (Wildman–Crippen LogP) is 4.70. The summed E-state index contributed by atoms with van der Waals surface area (Å²) in [6.07, 6.45) is 1.93. The monoisotopic (exact) mass is 427 g/mol. The van der Waals surface area contributed by atoms with Crippen molar-refractivity contribution in [2.75, 3.05) is 6.54 Å². The van der Waals surface area contributed by atoms with Crippen LogP contribution >= 0.6 is 11.3 Å². The van der Waals surface area contributed by atoms with Gasteiger partial charge in [0.25, 0.3) is 0 Å². The van der Waals surface area contributed by atoms with Crippen LogP contribution in [0.2, 0.25) is 0 Å². The van der Waals surface area contributed by atoms with Gasteiger partial charge in [0.15, 0.2) is 9.92 Å². The molecule has 1 atom stereocenters. The smallest absolute Gasteiger partial charge is 0.204 e. The molecule has 5 nitrogen and oxygen atoms in total. The van der Waals surface area contributed by atoms with Gasteiger partial charge in [-0.05, 0) is 54.9 Å². The lowest BCUT2D eigenvalue weighted by atomic mass is 9.87. The fourth-order valence-corrected chi connectivity index (χ4v) is 5.35. The number of halogens is 1. The van der Waals surface area contributed by atoms with E-state index < -0.39 is 15.5 Å². The van der Waals surface area contributed by atoms with Crippen molar-refractivity contribution in [2.24, 2.45) is 9.50 Å². The van der Waals surface area contributed by atoms with Crippen molar-refractivity contribution in [3.8, 4) is 0 Å². The van der Waals surface area contributed by atoms with Crippen LogP contribution in [0.25, 0.3) is 0 Å². The van der Waals surface area contributed by atoms with E-state index >= 15 is 0 Å². The largest absolute Gasteiger partial charge is 0.385 e. The first-order valence-electron chi connectivity index (χ1n) is 9.35. The van der Waals surface area contributed by atoms with Gasteiger partial charge in [0.2, 0.25) is 4.34 Å². The molecular formula is C20H30FN3O2S2. The summed E-state index contributed by atoms with van der Waals surface area (Å²) in [5.74, 6) is 0.0468. The summed E-state index contributed by atoms with van der Waals surface area (Å²) in [6.45, 7) is 11.5. The van der Waals surface area contributed by atoms with Crippen LogP contribution in [0.15, 0.2) is 27.0 Å². The van der Waals surface area contributed by atoms with E-state index in [9.17, 15) is 13.7 Å². The highest BCUT2D eigenvalue weighted by Crippen LogP contribution is 2.31. The van der Waals surface area contributed by atoms with Crippen molar-refractivity contribution in [1.82, 2.24) is 4.98 Å². The molecule has 1 unspecified atom stereocenters. The number of aliphatic hydroxyl groups is 1. The predicted molar refractivity (Wildman–Crippen MR) is 114 cm³/mol. The van der Waals surface area contributed by atoms with Gasteiger partial charge in [-0.2, -0.15) is 0 Å². The average molecular weight is 428 g/mol.